The van der Waals surface area contributed by atoms with E-state index in [1.807, 2.05) is 0 Å². The van der Waals surface area contributed by atoms with Crippen LogP contribution in [0.25, 0.3) is 0 Å². The Morgan fingerprint density at radius 2 is 2.00 bits per heavy atom. The molecule has 96 valence electrons. The largest absolute Gasteiger partial charge is 0.399 e. The van der Waals surface area contributed by atoms with E-state index in [1.165, 1.54) is 0 Å². The molecule has 0 aliphatic heterocycles. The van der Waals surface area contributed by atoms with E-state index in [0.717, 1.165) is 12.1 Å². The quantitative estimate of drug-likeness (QED) is 0.858. The average molecular weight is 271 g/mol. The third kappa shape index (κ3) is 2.73. The lowest BCUT2D eigenvalue weighted by atomic mass is 10.3. The summed E-state index contributed by atoms with van der Waals surface area (Å²) in [5.41, 5.74) is 5.26. The molecule has 1 unspecified atom stereocenters. The molecule has 4 nitrogen and oxygen atoms in total. The van der Waals surface area contributed by atoms with Crippen LogP contribution < -0.4 is 5.73 Å². The molecule has 0 fully saturated rings. The molecule has 2 aromatic rings. The van der Waals surface area contributed by atoms with Crippen molar-refractivity contribution in [1.29, 1.82) is 0 Å². The maximum Gasteiger partial charge on any atom is 0.144 e. The fourth-order valence-corrected chi connectivity index (χ4v) is 2.62. The maximum atomic E-state index is 13.5. The van der Waals surface area contributed by atoms with E-state index < -0.39 is 27.3 Å². The van der Waals surface area contributed by atoms with E-state index >= 15 is 0 Å². The van der Waals surface area contributed by atoms with Gasteiger partial charge in [0, 0.05) is 23.8 Å². The van der Waals surface area contributed by atoms with Crippen LogP contribution in [0.15, 0.2) is 35.5 Å². The molecule has 0 spiro atoms. The molecule has 1 aromatic carbocycles. The number of nitrogen functional groups attached to an aromatic ring is 1. The molecular formula is C11H11F2N3OS. The first-order valence-corrected chi connectivity index (χ1v) is 6.50. The molecule has 0 saturated heterocycles. The summed E-state index contributed by atoms with van der Waals surface area (Å²) in [4.78, 5) is -0.434. The molecule has 1 atom stereocenters. The van der Waals surface area contributed by atoms with Crippen molar-refractivity contribution in [3.8, 4) is 0 Å². The first-order chi connectivity index (χ1) is 8.58. The SMILES string of the molecule is Nc1cc(F)c(S(=O)CCn2cccn2)c(F)c1. The van der Waals surface area contributed by atoms with Gasteiger partial charge in [-0.2, -0.15) is 5.10 Å². The van der Waals surface area contributed by atoms with Crippen LogP contribution in [0.1, 0.15) is 0 Å². The molecule has 0 aliphatic carbocycles. The smallest absolute Gasteiger partial charge is 0.144 e. The highest BCUT2D eigenvalue weighted by Gasteiger charge is 2.16. The summed E-state index contributed by atoms with van der Waals surface area (Å²) in [6.07, 6.45) is 3.26. The van der Waals surface area contributed by atoms with Crippen molar-refractivity contribution >= 4 is 16.5 Å². The number of aromatic nitrogens is 2. The van der Waals surface area contributed by atoms with E-state index in [-0.39, 0.29) is 11.4 Å². The number of hydrogen-bond acceptors (Lipinski definition) is 3. The molecule has 1 aromatic heterocycles. The Morgan fingerprint density at radius 3 is 2.56 bits per heavy atom. The van der Waals surface area contributed by atoms with Crippen molar-refractivity contribution in [3.63, 3.8) is 0 Å². The highest BCUT2D eigenvalue weighted by Crippen LogP contribution is 2.20. The summed E-state index contributed by atoms with van der Waals surface area (Å²) in [6.45, 7) is 0.322. The standard InChI is InChI=1S/C11H11F2N3OS/c12-9-6-8(14)7-10(13)11(9)18(17)5-4-16-3-1-2-15-16/h1-3,6-7H,4-5,14H2. The predicted molar refractivity (Wildman–Crippen MR) is 64.3 cm³/mol. The number of rotatable bonds is 4. The summed E-state index contributed by atoms with van der Waals surface area (Å²) in [6, 6.07) is 3.64. The Balaban J connectivity index is 2.14. The van der Waals surface area contributed by atoms with E-state index in [0.29, 0.717) is 6.54 Å². The third-order valence-electron chi connectivity index (χ3n) is 2.31. The molecule has 0 aliphatic rings. The summed E-state index contributed by atoms with van der Waals surface area (Å²) in [5.74, 6) is -1.68. The first kappa shape index (κ1) is 12.7. The van der Waals surface area contributed by atoms with Crippen LogP contribution in [0.5, 0.6) is 0 Å². The van der Waals surface area contributed by atoms with Crippen molar-refractivity contribution in [2.24, 2.45) is 0 Å². The average Bonchev–Trinajstić information content (AvgIpc) is 2.77. The van der Waals surface area contributed by atoms with Crippen LogP contribution in [0, 0.1) is 11.6 Å². The van der Waals surface area contributed by atoms with Gasteiger partial charge in [-0.15, -0.1) is 0 Å². The number of nitrogens with zero attached hydrogens (tertiary/aromatic N) is 2. The van der Waals surface area contributed by atoms with Crippen LogP contribution in [0.3, 0.4) is 0 Å². The van der Waals surface area contributed by atoms with E-state index in [4.69, 9.17) is 5.73 Å². The van der Waals surface area contributed by atoms with Crippen LogP contribution in [-0.4, -0.2) is 19.7 Å². The van der Waals surface area contributed by atoms with Gasteiger partial charge in [0.05, 0.1) is 17.3 Å². The molecule has 0 amide bonds. The molecular weight excluding hydrogens is 260 g/mol. The van der Waals surface area contributed by atoms with Gasteiger partial charge in [-0.3, -0.25) is 8.89 Å². The topological polar surface area (TPSA) is 60.9 Å². The molecule has 2 N–H and O–H groups in total. The summed E-state index contributed by atoms with van der Waals surface area (Å²) in [7, 11) is -1.77. The predicted octanol–water partition coefficient (Wildman–Crippen LogP) is 1.55. The Hall–Kier alpha value is -1.76. The van der Waals surface area contributed by atoms with Gasteiger partial charge in [0.1, 0.15) is 16.5 Å². The Morgan fingerprint density at radius 1 is 1.33 bits per heavy atom. The van der Waals surface area contributed by atoms with Gasteiger partial charge < -0.3 is 5.73 Å². The molecule has 7 heteroatoms. The second kappa shape index (κ2) is 5.26. The van der Waals surface area contributed by atoms with Gasteiger partial charge in [-0.25, -0.2) is 8.78 Å². The minimum absolute atomic E-state index is 0.0298. The lowest BCUT2D eigenvalue weighted by molar-refractivity contribution is 0.534. The highest BCUT2D eigenvalue weighted by atomic mass is 32.2. The van der Waals surface area contributed by atoms with Gasteiger partial charge in [-0.1, -0.05) is 0 Å². The molecule has 0 radical (unpaired) electrons. The number of aryl methyl sites for hydroxylation is 1. The minimum atomic E-state index is -1.77. The van der Waals surface area contributed by atoms with Crippen molar-refractivity contribution in [2.45, 2.75) is 11.4 Å². The normalized spacial score (nSPS) is 12.6. The molecule has 18 heavy (non-hydrogen) atoms. The fourth-order valence-electron chi connectivity index (χ4n) is 1.51. The number of halogens is 2. The Kier molecular flexibility index (Phi) is 3.71. The van der Waals surface area contributed by atoms with E-state index in [1.54, 1.807) is 23.1 Å². The summed E-state index contributed by atoms with van der Waals surface area (Å²) in [5, 5.41) is 3.92. The van der Waals surface area contributed by atoms with Gasteiger partial charge in [0.25, 0.3) is 0 Å². The van der Waals surface area contributed by atoms with Crippen LogP contribution in [0.2, 0.25) is 0 Å². The summed E-state index contributed by atoms with van der Waals surface area (Å²) >= 11 is 0. The summed E-state index contributed by atoms with van der Waals surface area (Å²) < 4.78 is 40.4. The van der Waals surface area contributed by atoms with E-state index in [2.05, 4.69) is 5.10 Å². The Bertz CT molecular complexity index is 549. The maximum absolute atomic E-state index is 13.5. The molecule has 0 bridgehead atoms. The van der Waals surface area contributed by atoms with Gasteiger partial charge >= 0.3 is 0 Å². The van der Waals surface area contributed by atoms with Crippen molar-refractivity contribution in [2.75, 3.05) is 11.5 Å². The molecule has 1 heterocycles. The molecule has 2 rings (SSSR count). The van der Waals surface area contributed by atoms with Crippen molar-refractivity contribution < 1.29 is 13.0 Å². The van der Waals surface area contributed by atoms with Crippen molar-refractivity contribution in [1.82, 2.24) is 9.78 Å². The number of anilines is 1. The van der Waals surface area contributed by atoms with E-state index in [9.17, 15) is 13.0 Å². The lowest BCUT2D eigenvalue weighted by Crippen LogP contribution is -2.11. The van der Waals surface area contributed by atoms with Gasteiger partial charge in [0.2, 0.25) is 0 Å². The number of hydrogen-bond donors (Lipinski definition) is 1. The highest BCUT2D eigenvalue weighted by molar-refractivity contribution is 7.85. The second-order valence-electron chi connectivity index (χ2n) is 3.63. The van der Waals surface area contributed by atoms with Gasteiger partial charge in [-0.05, 0) is 18.2 Å². The van der Waals surface area contributed by atoms with Crippen molar-refractivity contribution in [3.05, 3.63) is 42.2 Å². The van der Waals surface area contributed by atoms with Crippen LogP contribution in [0.4, 0.5) is 14.5 Å². The number of nitrogens with two attached hydrogens (primary N) is 1. The zero-order valence-electron chi connectivity index (χ0n) is 9.35. The first-order valence-electron chi connectivity index (χ1n) is 5.18. The zero-order chi connectivity index (χ0) is 13.1. The number of benzene rings is 1. The Labute approximate surface area is 105 Å². The van der Waals surface area contributed by atoms with Gasteiger partial charge in [0.15, 0.2) is 0 Å². The fraction of sp³-hybridized carbons (Fsp3) is 0.182. The molecule has 0 saturated carbocycles. The van der Waals surface area contributed by atoms with Crippen LogP contribution in [-0.2, 0) is 17.3 Å². The second-order valence-corrected chi connectivity index (χ2v) is 5.14. The van der Waals surface area contributed by atoms with Crippen LogP contribution >= 0.6 is 0 Å². The zero-order valence-corrected chi connectivity index (χ0v) is 10.2. The third-order valence-corrected chi connectivity index (χ3v) is 3.71. The monoisotopic (exact) mass is 271 g/mol. The minimum Gasteiger partial charge on any atom is -0.399 e. The lowest BCUT2D eigenvalue weighted by Gasteiger charge is -2.06.